The zero-order valence-electron chi connectivity index (χ0n) is 22.0. The molecule has 0 atom stereocenters. The first-order valence-electron chi connectivity index (χ1n) is 14.0. The third kappa shape index (κ3) is 29.9. The van der Waals surface area contributed by atoms with Crippen LogP contribution >= 0.6 is 0 Å². The summed E-state index contributed by atoms with van der Waals surface area (Å²) in [7, 11) is 0. The van der Waals surface area contributed by atoms with Crippen LogP contribution in [0.2, 0.25) is 0 Å². The van der Waals surface area contributed by atoms with Gasteiger partial charge >= 0.3 is 5.97 Å². The lowest BCUT2D eigenvalue weighted by molar-refractivity contribution is -0.131. The summed E-state index contributed by atoms with van der Waals surface area (Å²) in [6.07, 6.45) is 47.6. The van der Waals surface area contributed by atoms with Gasteiger partial charge in [-0.1, -0.05) is 176 Å². The molecule has 2 nitrogen and oxygen atoms in total. The summed E-state index contributed by atoms with van der Waals surface area (Å²) < 4.78 is 0. The summed E-state index contributed by atoms with van der Waals surface area (Å²) in [5.41, 5.74) is 0. The highest BCUT2D eigenvalue weighted by atomic mass is 16.4. The second kappa shape index (κ2) is 28.9. The molecule has 0 aliphatic heterocycles. The average Bonchev–Trinajstić information content (AvgIpc) is 2.83. The Morgan fingerprint density at radius 2 is 0.794 bits per heavy atom. The van der Waals surface area contributed by atoms with Crippen molar-refractivity contribution in [1.29, 1.82) is 0 Å². The van der Waals surface area contributed by atoms with Gasteiger partial charge < -0.3 is 5.11 Å². The topological polar surface area (TPSA) is 37.3 Å². The Morgan fingerprint density at radius 3 is 1.18 bits per heavy atom. The van der Waals surface area contributed by atoms with Gasteiger partial charge in [-0.05, 0) is 12.8 Å². The lowest BCUT2D eigenvalue weighted by Gasteiger charge is -2.03. The molecule has 0 aromatic rings. The number of carboxylic acid groups (broad SMARTS) is 1. The second-order valence-electron chi connectivity index (χ2n) is 9.11. The van der Waals surface area contributed by atoms with Crippen LogP contribution in [0.1, 0.15) is 122 Å². The predicted octanol–water partition coefficient (Wildman–Crippen LogP) is 10.4. The first kappa shape index (κ1) is 31.9. The van der Waals surface area contributed by atoms with Crippen molar-refractivity contribution >= 4 is 5.97 Å². The number of hydrogen-bond acceptors (Lipinski definition) is 1. The molecule has 0 aliphatic rings. The minimum atomic E-state index is -0.934. The summed E-state index contributed by atoms with van der Waals surface area (Å²) in [6, 6.07) is 0. The molecule has 0 radical (unpaired) electrons. The molecular formula is C32H52O2. The standard InChI is InChI=1S/C32H52O2/c1-2-3-4-5-6-7-8-9-10-11-12-13-14-15-16-17-18-19-20-21-22-23-24-25-26-27-28-29-30-31-32(33)34/h20-31H,2-19H2,1H3,(H,33,34)/b21-20+,23-22+,25-24+,27-26+,29-28+,31-30+. The molecule has 0 saturated heterocycles. The SMILES string of the molecule is CCCCCCCCCCCCCCCCCCC/C=C/C=C/C=C/C=C/C=C/C=C/C(=O)O. The van der Waals surface area contributed by atoms with Crippen LogP contribution in [-0.4, -0.2) is 11.1 Å². The minimum absolute atomic E-state index is 0.934. The summed E-state index contributed by atoms with van der Waals surface area (Å²) >= 11 is 0. The van der Waals surface area contributed by atoms with Crippen LogP contribution in [0.25, 0.3) is 0 Å². The van der Waals surface area contributed by atoms with E-state index < -0.39 is 5.97 Å². The van der Waals surface area contributed by atoms with Crippen LogP contribution < -0.4 is 0 Å². The van der Waals surface area contributed by atoms with Gasteiger partial charge in [0.15, 0.2) is 0 Å². The van der Waals surface area contributed by atoms with Gasteiger partial charge in [-0.2, -0.15) is 0 Å². The number of unbranched alkanes of at least 4 members (excludes halogenated alkanes) is 17. The van der Waals surface area contributed by atoms with E-state index in [0.29, 0.717) is 0 Å². The third-order valence-electron chi connectivity index (χ3n) is 5.85. The lowest BCUT2D eigenvalue weighted by atomic mass is 10.0. The van der Waals surface area contributed by atoms with Gasteiger partial charge in [0.25, 0.3) is 0 Å². The molecule has 1 N–H and O–H groups in total. The van der Waals surface area contributed by atoms with Gasteiger partial charge in [0.2, 0.25) is 0 Å². The molecule has 0 heterocycles. The van der Waals surface area contributed by atoms with Crippen LogP contribution in [0.3, 0.4) is 0 Å². The first-order valence-corrected chi connectivity index (χ1v) is 14.0. The molecule has 0 unspecified atom stereocenters. The van der Waals surface area contributed by atoms with Crippen LogP contribution in [0.15, 0.2) is 72.9 Å². The monoisotopic (exact) mass is 468 g/mol. The third-order valence-corrected chi connectivity index (χ3v) is 5.85. The maximum atomic E-state index is 10.3. The number of hydrogen-bond donors (Lipinski definition) is 1. The highest BCUT2D eigenvalue weighted by Gasteiger charge is 1.94. The van der Waals surface area contributed by atoms with Crippen LogP contribution in [0, 0.1) is 0 Å². The average molecular weight is 469 g/mol. The molecule has 0 rings (SSSR count). The predicted molar refractivity (Wildman–Crippen MR) is 151 cm³/mol. The molecule has 0 bridgehead atoms. The molecule has 0 saturated carbocycles. The zero-order chi connectivity index (χ0) is 24.8. The summed E-state index contributed by atoms with van der Waals surface area (Å²) in [5, 5.41) is 8.45. The van der Waals surface area contributed by atoms with Gasteiger partial charge in [0.1, 0.15) is 0 Å². The van der Waals surface area contributed by atoms with E-state index in [2.05, 4.69) is 25.2 Å². The minimum Gasteiger partial charge on any atom is -0.478 e. The molecular weight excluding hydrogens is 416 g/mol. The molecule has 34 heavy (non-hydrogen) atoms. The Hall–Kier alpha value is -2.09. The fraction of sp³-hybridized carbons (Fsp3) is 0.594. The number of carboxylic acids is 1. The van der Waals surface area contributed by atoms with E-state index in [1.54, 1.807) is 12.2 Å². The number of allylic oxidation sites excluding steroid dienone is 11. The Bertz CT molecular complexity index is 605. The van der Waals surface area contributed by atoms with Crippen molar-refractivity contribution in [3.05, 3.63) is 72.9 Å². The molecule has 0 aliphatic carbocycles. The van der Waals surface area contributed by atoms with Crippen molar-refractivity contribution in [1.82, 2.24) is 0 Å². The maximum absolute atomic E-state index is 10.3. The van der Waals surface area contributed by atoms with Crippen molar-refractivity contribution in [3.63, 3.8) is 0 Å². The molecule has 0 aromatic heterocycles. The van der Waals surface area contributed by atoms with E-state index in [4.69, 9.17) is 5.11 Å². The van der Waals surface area contributed by atoms with Gasteiger partial charge in [-0.25, -0.2) is 4.79 Å². The molecule has 2 heteroatoms. The Labute approximate surface area is 211 Å². The van der Waals surface area contributed by atoms with E-state index in [-0.39, 0.29) is 0 Å². The summed E-state index contributed by atoms with van der Waals surface area (Å²) in [4.78, 5) is 10.3. The maximum Gasteiger partial charge on any atom is 0.328 e. The molecule has 0 aromatic carbocycles. The first-order chi connectivity index (χ1) is 16.8. The van der Waals surface area contributed by atoms with Gasteiger partial charge in [0, 0.05) is 6.08 Å². The smallest absolute Gasteiger partial charge is 0.328 e. The van der Waals surface area contributed by atoms with Crippen LogP contribution in [0.4, 0.5) is 0 Å². The van der Waals surface area contributed by atoms with Gasteiger partial charge in [0.05, 0.1) is 0 Å². The number of carbonyl (C=O) groups is 1. The number of aliphatic carboxylic acids is 1. The van der Waals surface area contributed by atoms with Crippen molar-refractivity contribution in [2.75, 3.05) is 0 Å². The largest absolute Gasteiger partial charge is 0.478 e. The van der Waals surface area contributed by atoms with E-state index in [1.807, 2.05) is 30.4 Å². The van der Waals surface area contributed by atoms with Crippen LogP contribution in [0.5, 0.6) is 0 Å². The molecule has 0 spiro atoms. The number of rotatable bonds is 24. The molecule has 0 amide bonds. The second-order valence-corrected chi connectivity index (χ2v) is 9.11. The quantitative estimate of drug-likeness (QED) is 0.0868. The van der Waals surface area contributed by atoms with Gasteiger partial charge in [-0.15, -0.1) is 0 Å². The fourth-order valence-electron chi connectivity index (χ4n) is 3.81. The fourth-order valence-corrected chi connectivity index (χ4v) is 3.81. The van der Waals surface area contributed by atoms with E-state index in [9.17, 15) is 4.79 Å². The van der Waals surface area contributed by atoms with E-state index in [0.717, 1.165) is 6.08 Å². The Kier molecular flexibility index (Phi) is 27.2. The van der Waals surface area contributed by atoms with Crippen molar-refractivity contribution in [3.8, 4) is 0 Å². The molecule has 192 valence electrons. The molecule has 0 fully saturated rings. The summed E-state index contributed by atoms with van der Waals surface area (Å²) in [6.45, 7) is 2.29. The van der Waals surface area contributed by atoms with Crippen LogP contribution in [-0.2, 0) is 4.79 Å². The normalized spacial score (nSPS) is 12.7. The van der Waals surface area contributed by atoms with Crippen molar-refractivity contribution < 1.29 is 9.90 Å². The Balaban J connectivity index is 3.34. The highest BCUT2D eigenvalue weighted by molar-refractivity contribution is 5.80. The van der Waals surface area contributed by atoms with E-state index in [1.165, 1.54) is 122 Å². The van der Waals surface area contributed by atoms with Crippen molar-refractivity contribution in [2.24, 2.45) is 0 Å². The summed E-state index contributed by atoms with van der Waals surface area (Å²) in [5.74, 6) is -0.934. The van der Waals surface area contributed by atoms with E-state index >= 15 is 0 Å². The zero-order valence-corrected chi connectivity index (χ0v) is 22.0. The van der Waals surface area contributed by atoms with Gasteiger partial charge in [-0.3, -0.25) is 0 Å². The van der Waals surface area contributed by atoms with Crippen molar-refractivity contribution in [2.45, 2.75) is 122 Å². The Morgan fingerprint density at radius 1 is 0.471 bits per heavy atom. The highest BCUT2D eigenvalue weighted by Crippen LogP contribution is 2.14. The lowest BCUT2D eigenvalue weighted by Crippen LogP contribution is -1.84.